The van der Waals surface area contributed by atoms with Crippen molar-refractivity contribution < 1.29 is 13.2 Å². The fraction of sp³-hybridized carbons (Fsp3) is 0.350. The summed E-state index contributed by atoms with van der Waals surface area (Å²) in [6, 6.07) is 13.1. The van der Waals surface area contributed by atoms with E-state index < -0.39 is 10.0 Å². The second kappa shape index (κ2) is 7.32. The van der Waals surface area contributed by atoms with Gasteiger partial charge in [-0.15, -0.1) is 0 Å². The Morgan fingerprint density at radius 3 is 2.52 bits per heavy atom. The van der Waals surface area contributed by atoms with Gasteiger partial charge < -0.3 is 9.80 Å². The Morgan fingerprint density at radius 1 is 1.22 bits per heavy atom. The maximum absolute atomic E-state index is 12.7. The molecule has 6 nitrogen and oxygen atoms in total. The van der Waals surface area contributed by atoms with Crippen LogP contribution in [0.3, 0.4) is 0 Å². The number of primary sulfonamides is 1. The Balaban J connectivity index is 1.72. The van der Waals surface area contributed by atoms with Gasteiger partial charge in [-0.05, 0) is 49.6 Å². The summed E-state index contributed by atoms with van der Waals surface area (Å²) in [4.78, 5) is 16.6. The van der Waals surface area contributed by atoms with Crippen LogP contribution in [0.15, 0.2) is 47.4 Å². The number of hydrogen-bond acceptors (Lipinski definition) is 4. The van der Waals surface area contributed by atoms with Crippen molar-refractivity contribution in [2.75, 3.05) is 18.5 Å². The second-order valence-electron chi connectivity index (χ2n) is 7.25. The summed E-state index contributed by atoms with van der Waals surface area (Å²) in [6.07, 6.45) is 0.688. The molecule has 2 aromatic carbocycles. The van der Waals surface area contributed by atoms with Crippen molar-refractivity contribution in [3.63, 3.8) is 0 Å². The molecule has 27 heavy (non-hydrogen) atoms. The molecular weight excluding hydrogens is 362 g/mol. The third kappa shape index (κ3) is 4.31. The van der Waals surface area contributed by atoms with Crippen molar-refractivity contribution in [3.05, 3.63) is 59.2 Å². The van der Waals surface area contributed by atoms with Gasteiger partial charge in [-0.1, -0.05) is 29.8 Å². The molecule has 1 aliphatic heterocycles. The fourth-order valence-electron chi connectivity index (χ4n) is 3.41. The highest BCUT2D eigenvalue weighted by molar-refractivity contribution is 7.89. The van der Waals surface area contributed by atoms with E-state index in [0.717, 1.165) is 16.8 Å². The van der Waals surface area contributed by atoms with E-state index in [1.54, 1.807) is 24.1 Å². The first-order valence-corrected chi connectivity index (χ1v) is 10.4. The monoisotopic (exact) mass is 387 g/mol. The first-order chi connectivity index (χ1) is 12.6. The standard InChI is InChI=1S/C20H25N3O3S/c1-14-4-6-16(7-5-14)12-22(3)20(24)13-23-15(2)10-17-11-18(27(21,25)26)8-9-19(17)23/h4-9,11,15H,10,12-13H2,1-3H3,(H2,21,25,26)/t15-/m1/s1. The molecule has 0 aromatic heterocycles. The lowest BCUT2D eigenvalue weighted by Gasteiger charge is -2.27. The van der Waals surface area contributed by atoms with Crippen LogP contribution in [0.1, 0.15) is 23.6 Å². The SMILES string of the molecule is Cc1ccc(CN(C)C(=O)CN2c3ccc(S(N)(=O)=O)cc3C[C@H]2C)cc1. The van der Waals surface area contributed by atoms with Gasteiger partial charge in [0.25, 0.3) is 0 Å². The Kier molecular flexibility index (Phi) is 5.26. The number of sulfonamides is 1. The average Bonchev–Trinajstić information content (AvgIpc) is 2.91. The smallest absolute Gasteiger partial charge is 0.242 e. The summed E-state index contributed by atoms with van der Waals surface area (Å²) in [5.74, 6) is 0.0193. The van der Waals surface area contributed by atoms with Gasteiger partial charge in [0.05, 0.1) is 11.4 Å². The van der Waals surface area contributed by atoms with Crippen LogP contribution in [-0.2, 0) is 27.8 Å². The zero-order valence-electron chi connectivity index (χ0n) is 15.8. The number of rotatable bonds is 5. The molecule has 1 atom stereocenters. The van der Waals surface area contributed by atoms with Crippen molar-refractivity contribution in [1.82, 2.24) is 4.90 Å². The minimum atomic E-state index is -3.73. The van der Waals surface area contributed by atoms with Gasteiger partial charge in [-0.2, -0.15) is 0 Å². The third-order valence-corrected chi connectivity index (χ3v) is 5.92. The molecule has 0 aliphatic carbocycles. The molecule has 7 heteroatoms. The van der Waals surface area contributed by atoms with Crippen molar-refractivity contribution in [2.45, 2.75) is 37.8 Å². The van der Waals surface area contributed by atoms with Crippen molar-refractivity contribution in [2.24, 2.45) is 5.14 Å². The lowest BCUT2D eigenvalue weighted by molar-refractivity contribution is -0.129. The number of aryl methyl sites for hydroxylation is 1. The van der Waals surface area contributed by atoms with Crippen LogP contribution < -0.4 is 10.0 Å². The molecule has 1 aliphatic rings. The number of benzene rings is 2. The van der Waals surface area contributed by atoms with E-state index in [2.05, 4.69) is 0 Å². The van der Waals surface area contributed by atoms with Crippen LogP contribution in [0.5, 0.6) is 0 Å². The van der Waals surface area contributed by atoms with Gasteiger partial charge in [0.1, 0.15) is 0 Å². The maximum Gasteiger partial charge on any atom is 0.242 e. The summed E-state index contributed by atoms with van der Waals surface area (Å²) >= 11 is 0. The summed E-state index contributed by atoms with van der Waals surface area (Å²) in [7, 11) is -1.93. The topological polar surface area (TPSA) is 83.7 Å². The summed E-state index contributed by atoms with van der Waals surface area (Å²) < 4.78 is 23.1. The van der Waals surface area contributed by atoms with Gasteiger partial charge in [-0.3, -0.25) is 4.79 Å². The molecule has 0 saturated heterocycles. The van der Waals surface area contributed by atoms with Gasteiger partial charge in [0.15, 0.2) is 0 Å². The molecule has 2 N–H and O–H groups in total. The molecule has 0 fully saturated rings. The van der Waals surface area contributed by atoms with Gasteiger partial charge in [-0.25, -0.2) is 13.6 Å². The highest BCUT2D eigenvalue weighted by Gasteiger charge is 2.29. The minimum Gasteiger partial charge on any atom is -0.359 e. The molecule has 1 amide bonds. The van der Waals surface area contributed by atoms with E-state index in [9.17, 15) is 13.2 Å². The molecule has 144 valence electrons. The average molecular weight is 388 g/mol. The largest absolute Gasteiger partial charge is 0.359 e. The van der Waals surface area contributed by atoms with E-state index in [4.69, 9.17) is 5.14 Å². The number of carbonyl (C=O) groups is 1. The zero-order chi connectivity index (χ0) is 19.8. The third-order valence-electron chi connectivity index (χ3n) is 5.01. The predicted octanol–water partition coefficient (Wildman–Crippen LogP) is 2.05. The molecule has 1 heterocycles. The predicted molar refractivity (Wildman–Crippen MR) is 106 cm³/mol. The van der Waals surface area contributed by atoms with Crippen LogP contribution in [0.2, 0.25) is 0 Å². The number of amides is 1. The summed E-state index contributed by atoms with van der Waals surface area (Å²) in [5, 5.41) is 5.22. The number of anilines is 1. The van der Waals surface area contributed by atoms with Gasteiger partial charge in [0.2, 0.25) is 15.9 Å². The molecule has 3 rings (SSSR count). The molecule has 0 unspecified atom stereocenters. The Hall–Kier alpha value is -2.38. The van der Waals surface area contributed by atoms with E-state index in [1.807, 2.05) is 43.0 Å². The fourth-order valence-corrected chi connectivity index (χ4v) is 3.98. The molecule has 0 radical (unpaired) electrons. The molecule has 2 aromatic rings. The van der Waals surface area contributed by atoms with Crippen molar-refractivity contribution >= 4 is 21.6 Å². The number of nitrogens with zero attached hydrogens (tertiary/aromatic N) is 2. The minimum absolute atomic E-state index is 0.0193. The number of hydrogen-bond donors (Lipinski definition) is 1. The van der Waals surface area contributed by atoms with E-state index in [1.165, 1.54) is 11.6 Å². The van der Waals surface area contributed by atoms with E-state index >= 15 is 0 Å². The first kappa shape index (κ1) is 19.4. The van der Waals surface area contributed by atoms with Gasteiger partial charge in [0, 0.05) is 25.3 Å². The first-order valence-electron chi connectivity index (χ1n) is 8.87. The number of carbonyl (C=O) groups excluding carboxylic acids is 1. The lowest BCUT2D eigenvalue weighted by atomic mass is 10.1. The number of fused-ring (bicyclic) bond motifs is 1. The van der Waals surface area contributed by atoms with Gasteiger partial charge >= 0.3 is 0 Å². The molecule has 0 spiro atoms. The number of likely N-dealkylation sites (N-methyl/N-ethyl adjacent to an activating group) is 1. The zero-order valence-corrected chi connectivity index (χ0v) is 16.7. The van der Waals surface area contributed by atoms with E-state index in [-0.39, 0.29) is 23.4 Å². The Labute approximate surface area is 160 Å². The van der Waals surface area contributed by atoms with Crippen molar-refractivity contribution in [3.8, 4) is 0 Å². The van der Waals surface area contributed by atoms with Crippen LogP contribution in [0.4, 0.5) is 5.69 Å². The molecule has 0 bridgehead atoms. The summed E-state index contributed by atoms with van der Waals surface area (Å²) in [5.41, 5.74) is 4.08. The quantitative estimate of drug-likeness (QED) is 0.851. The van der Waals surface area contributed by atoms with E-state index in [0.29, 0.717) is 13.0 Å². The number of nitrogens with two attached hydrogens (primary N) is 1. The van der Waals surface area contributed by atoms with Crippen molar-refractivity contribution in [1.29, 1.82) is 0 Å². The highest BCUT2D eigenvalue weighted by atomic mass is 32.2. The second-order valence-corrected chi connectivity index (χ2v) is 8.81. The molecular formula is C20H25N3O3S. The normalized spacial score (nSPS) is 16.3. The van der Waals surface area contributed by atoms with Crippen LogP contribution in [0.25, 0.3) is 0 Å². The lowest BCUT2D eigenvalue weighted by Crippen LogP contribution is -2.40. The van der Waals surface area contributed by atoms with Crippen LogP contribution >= 0.6 is 0 Å². The van der Waals surface area contributed by atoms with Crippen LogP contribution in [0, 0.1) is 6.92 Å². The molecule has 0 saturated carbocycles. The Bertz CT molecular complexity index is 955. The highest BCUT2D eigenvalue weighted by Crippen LogP contribution is 2.33. The Morgan fingerprint density at radius 2 is 1.89 bits per heavy atom. The van der Waals surface area contributed by atoms with Crippen LogP contribution in [-0.4, -0.2) is 38.9 Å². The maximum atomic E-state index is 12.7. The summed E-state index contributed by atoms with van der Waals surface area (Å²) in [6.45, 7) is 4.87.